The predicted molar refractivity (Wildman–Crippen MR) is 181 cm³/mol. The Labute approximate surface area is 301 Å². The van der Waals surface area contributed by atoms with Gasteiger partial charge in [0.05, 0.1) is 15.7 Å². The second kappa shape index (κ2) is 15.5. The van der Waals surface area contributed by atoms with Crippen LogP contribution in [0, 0.1) is 5.82 Å². The lowest BCUT2D eigenvalue weighted by molar-refractivity contribution is -0.137. The molecule has 0 saturated carbocycles. The molecule has 3 aromatic carbocycles. The highest BCUT2D eigenvalue weighted by molar-refractivity contribution is 7.98. The van der Waals surface area contributed by atoms with Gasteiger partial charge in [-0.05, 0) is 85.6 Å². The maximum Gasteiger partial charge on any atom is 0.416 e. The number of alkyl halides is 3. The number of benzene rings is 3. The number of halogens is 4. The molecule has 1 aromatic heterocycles. The average Bonchev–Trinajstić information content (AvgIpc) is 3.24. The first-order valence-electron chi connectivity index (χ1n) is 21.1. The Balaban J connectivity index is 1.69. The smallest absolute Gasteiger partial charge is 0.333 e. The van der Waals surface area contributed by atoms with E-state index in [9.17, 15) is 26.5 Å². The molecule has 5 rings (SSSR count). The molecule has 0 saturated heterocycles. The van der Waals surface area contributed by atoms with E-state index in [4.69, 9.17) is 13.7 Å². The van der Waals surface area contributed by atoms with Crippen molar-refractivity contribution in [3.63, 3.8) is 0 Å². The lowest BCUT2D eigenvalue weighted by Gasteiger charge is -2.33. The fourth-order valence-corrected chi connectivity index (χ4v) is 5.74. The maximum atomic E-state index is 15.0. The van der Waals surface area contributed by atoms with Gasteiger partial charge in [-0.1, -0.05) is 74.1 Å². The number of hydrogen-bond donors (Lipinski definition) is 0. The van der Waals surface area contributed by atoms with E-state index < -0.39 is 103 Å². The summed E-state index contributed by atoms with van der Waals surface area (Å²) in [5, 5.41) is -0.715. The van der Waals surface area contributed by atoms with Crippen molar-refractivity contribution >= 4 is 17.7 Å². The van der Waals surface area contributed by atoms with Crippen LogP contribution >= 0.6 is 11.8 Å². The summed E-state index contributed by atoms with van der Waals surface area (Å²) >= 11 is 0.564. The van der Waals surface area contributed by atoms with Gasteiger partial charge >= 0.3 is 6.18 Å². The van der Waals surface area contributed by atoms with Crippen LogP contribution in [0.1, 0.15) is 78.9 Å². The van der Waals surface area contributed by atoms with Crippen LogP contribution in [0.3, 0.4) is 0 Å². The molecule has 1 aliphatic carbocycles. The van der Waals surface area contributed by atoms with E-state index in [-0.39, 0.29) is 15.9 Å². The van der Waals surface area contributed by atoms with E-state index in [1.165, 1.54) is 48.5 Å². The number of rotatable bonds is 13. The first kappa shape index (κ1) is 21.9. The largest absolute Gasteiger partial charge is 0.416 e. The Kier molecular flexibility index (Phi) is 7.07. The van der Waals surface area contributed by atoms with Crippen molar-refractivity contribution < 1.29 is 40.2 Å². The summed E-state index contributed by atoms with van der Waals surface area (Å²) in [5.74, 6) is -2.47. The predicted octanol–water partition coefficient (Wildman–Crippen LogP) is 7.78. The van der Waals surface area contributed by atoms with Crippen molar-refractivity contribution in [2.24, 2.45) is 0 Å². The highest BCUT2D eigenvalue weighted by Crippen LogP contribution is 2.32. The van der Waals surface area contributed by atoms with Crippen LogP contribution in [-0.2, 0) is 36.0 Å². The molecular formula is C37H40F4N4O2S. The Morgan fingerprint density at radius 2 is 1.62 bits per heavy atom. The lowest BCUT2D eigenvalue weighted by atomic mass is 9.99. The van der Waals surface area contributed by atoms with E-state index in [2.05, 4.69) is 4.98 Å². The van der Waals surface area contributed by atoms with Crippen LogP contribution < -0.4 is 5.56 Å². The number of aromatic nitrogens is 2. The van der Waals surface area contributed by atoms with Gasteiger partial charge in [0.25, 0.3) is 5.56 Å². The first-order chi connectivity index (χ1) is 27.7. The number of hydrogen-bond acceptors (Lipinski definition) is 5. The number of nitrogens with zero attached hydrogens (tertiary/aromatic N) is 4. The third-order valence-corrected chi connectivity index (χ3v) is 8.51. The third-order valence-electron chi connectivity index (χ3n) is 7.51. The topological polar surface area (TPSA) is 58.4 Å². The molecule has 48 heavy (non-hydrogen) atoms. The summed E-state index contributed by atoms with van der Waals surface area (Å²) in [6.07, 6.45) is -15.1. The number of fused-ring (bicyclic) bond motifs is 1. The molecule has 6 nitrogen and oxygen atoms in total. The molecule has 0 N–H and O–H groups in total. The van der Waals surface area contributed by atoms with Crippen LogP contribution in [0.2, 0.25) is 0 Å². The summed E-state index contributed by atoms with van der Waals surface area (Å²) in [7, 11) is 0. The van der Waals surface area contributed by atoms with Gasteiger partial charge < -0.3 is 14.4 Å². The molecule has 4 aromatic rings. The van der Waals surface area contributed by atoms with E-state index in [0.29, 0.717) is 38.3 Å². The number of thioether (sulfide) groups is 1. The molecule has 1 aliphatic rings. The molecule has 0 bridgehead atoms. The minimum Gasteiger partial charge on any atom is -0.333 e. The first-order valence-corrected chi connectivity index (χ1v) is 15.6. The molecule has 1 unspecified atom stereocenters. The zero-order valence-corrected chi connectivity index (χ0v) is 26.9. The summed E-state index contributed by atoms with van der Waals surface area (Å²) in [4.78, 5) is 33.7. The minimum atomic E-state index is -4.59. The summed E-state index contributed by atoms with van der Waals surface area (Å²) < 4.78 is 167. The molecule has 1 amide bonds. The van der Waals surface area contributed by atoms with Gasteiger partial charge in [0, 0.05) is 43.8 Å². The van der Waals surface area contributed by atoms with Crippen LogP contribution in [-0.4, -0.2) is 51.3 Å². The van der Waals surface area contributed by atoms with Gasteiger partial charge in [-0.25, -0.2) is 4.39 Å². The highest BCUT2D eigenvalue weighted by Gasteiger charge is 2.30. The van der Waals surface area contributed by atoms with Gasteiger partial charge in [0.2, 0.25) is 5.91 Å². The molecule has 1 heterocycles. The number of likely N-dealkylation sites (N-methyl/N-ethyl adjacent to an activating group) is 1. The number of carbonyl (C=O) groups is 1. The Morgan fingerprint density at radius 3 is 2.23 bits per heavy atom. The molecule has 0 radical (unpaired) electrons. The third kappa shape index (κ3) is 8.36. The van der Waals surface area contributed by atoms with Crippen LogP contribution in [0.25, 0.3) is 11.1 Å². The highest BCUT2D eigenvalue weighted by atomic mass is 32.2. The van der Waals surface area contributed by atoms with E-state index in [0.717, 1.165) is 45.0 Å². The van der Waals surface area contributed by atoms with Crippen molar-refractivity contribution in [1.29, 1.82) is 0 Å². The fraction of sp³-hybridized carbons (Fsp3) is 0.378. The molecule has 11 heteroatoms. The monoisotopic (exact) mass is 693 g/mol. The molecular weight excluding hydrogens is 640 g/mol. The van der Waals surface area contributed by atoms with Crippen LogP contribution in [0.4, 0.5) is 17.6 Å². The van der Waals surface area contributed by atoms with Gasteiger partial charge in [-0.15, -0.1) is 0 Å². The van der Waals surface area contributed by atoms with Crippen molar-refractivity contribution in [2.75, 3.05) is 26.1 Å². The standard InChI is InChI=1S/C37H40F4N4O2S/c1-4-43(5-2)21-22-44(25(3)27-11-13-28(14-12-27)29-15-17-30(18-16-29)37(39,40)41)34(46)23-45-33-8-6-7-32(33)35(47)42-36(45)48-24-26-9-19-31(38)20-10-26/h9-20,25H,4-8,21-24H2,1-3H3/i4D2,5D2,6D2,7D2,8D2,23D2,25D. The molecule has 254 valence electrons. The molecule has 0 spiro atoms. The Hall–Kier alpha value is -3.96. The van der Waals surface area contributed by atoms with Crippen LogP contribution in [0.5, 0.6) is 0 Å². The van der Waals surface area contributed by atoms with Gasteiger partial charge in [-0.2, -0.15) is 18.2 Å². The van der Waals surface area contributed by atoms with Crippen LogP contribution in [0.15, 0.2) is 82.7 Å². The zero-order chi connectivity index (χ0) is 46.1. The SMILES string of the molecule is [2H]C([2H])(C)N(CCN(C(=O)C([2H])([2H])n1c(SCc2ccc(F)cc2)nc(=O)c2c1C([2H])([2H])C([2H])([2H])C2([2H])[2H])C([2H])(C)c1ccc(-c2ccc(C(F)(F)F)cc2)cc1)C([2H])([2H])C. The van der Waals surface area contributed by atoms with Crippen molar-refractivity contribution in [3.05, 3.63) is 117 Å². The van der Waals surface area contributed by atoms with Crippen molar-refractivity contribution in [1.82, 2.24) is 19.4 Å². The fourth-order valence-electron chi connectivity index (χ4n) is 4.84. The maximum absolute atomic E-state index is 15.0. The van der Waals surface area contributed by atoms with Gasteiger partial charge in [-0.3, -0.25) is 9.59 Å². The second-order valence-electron chi connectivity index (χ2n) is 10.5. The number of amides is 1. The zero-order valence-electron chi connectivity index (χ0n) is 39.1. The minimum absolute atomic E-state index is 0.0324. The molecule has 1 atom stereocenters. The normalized spacial score (nSPS) is 22.2. The Bertz CT molecular complexity index is 2320. The van der Waals surface area contributed by atoms with Gasteiger partial charge in [0.1, 0.15) is 12.3 Å². The summed E-state index contributed by atoms with van der Waals surface area (Å²) in [5.41, 5.74) is -3.65. The van der Waals surface area contributed by atoms with Crippen molar-refractivity contribution in [2.45, 2.75) is 69.5 Å². The molecule has 0 fully saturated rings. The molecule has 0 aliphatic heterocycles. The van der Waals surface area contributed by atoms with E-state index in [1.807, 2.05) is 0 Å². The van der Waals surface area contributed by atoms with Gasteiger partial charge in [0.15, 0.2) is 5.16 Å². The summed E-state index contributed by atoms with van der Waals surface area (Å²) in [6, 6.07) is 12.2. The van der Waals surface area contributed by atoms with E-state index >= 15 is 4.79 Å². The quantitative estimate of drug-likeness (QED) is 0.0814. The average molecular weight is 694 g/mol. The Morgan fingerprint density at radius 1 is 1.00 bits per heavy atom. The summed E-state index contributed by atoms with van der Waals surface area (Å²) in [6.45, 7) is -6.71. The second-order valence-corrected chi connectivity index (χ2v) is 11.4. The number of carbonyl (C=O) groups excluding carboxylic acids is 1. The van der Waals surface area contributed by atoms with Crippen molar-refractivity contribution in [3.8, 4) is 11.1 Å². The van der Waals surface area contributed by atoms with E-state index in [1.54, 1.807) is 0 Å². The lowest BCUT2D eigenvalue weighted by Crippen LogP contribution is -2.42.